The van der Waals surface area contributed by atoms with E-state index in [1.54, 1.807) is 18.2 Å². The molecule has 1 amide bonds. The molecule has 1 heterocycles. The first-order chi connectivity index (χ1) is 11.1. The van der Waals surface area contributed by atoms with Gasteiger partial charge in [-0.3, -0.25) is 4.79 Å². The van der Waals surface area contributed by atoms with Crippen molar-refractivity contribution in [3.63, 3.8) is 0 Å². The van der Waals surface area contributed by atoms with Crippen LogP contribution in [0.1, 0.15) is 18.5 Å². The van der Waals surface area contributed by atoms with Gasteiger partial charge in [0, 0.05) is 5.02 Å². The van der Waals surface area contributed by atoms with Gasteiger partial charge in [0.2, 0.25) is 0 Å². The molecule has 0 bridgehead atoms. The quantitative estimate of drug-likeness (QED) is 0.780. The minimum atomic E-state index is -0.243. The molecule has 3 aromatic rings. The van der Waals surface area contributed by atoms with Crippen LogP contribution in [0.25, 0.3) is 11.0 Å². The van der Waals surface area contributed by atoms with Crippen molar-refractivity contribution in [1.82, 2.24) is 20.5 Å². The summed E-state index contributed by atoms with van der Waals surface area (Å²) < 4.78 is 0. The maximum Gasteiger partial charge on any atom is 0.261 e. The largest absolute Gasteiger partial charge is 0.385 e. The Labute approximate surface area is 138 Å². The van der Waals surface area contributed by atoms with Gasteiger partial charge in [0.05, 0.1) is 6.04 Å². The number of fused-ring (bicyclic) bond motifs is 1. The molecule has 3 rings (SSSR count). The van der Waals surface area contributed by atoms with E-state index >= 15 is 0 Å². The molecule has 0 fully saturated rings. The Bertz CT molecular complexity index is 819. The second-order valence-corrected chi connectivity index (χ2v) is 5.51. The first-order valence-electron chi connectivity index (χ1n) is 7.12. The number of nitrogens with zero attached hydrogens (tertiary/aromatic N) is 3. The standard InChI is InChI=1S/C16H15ClN4O2/c1-11(12-5-3-2-4-6-12)18-16(22)10-23-21-15-9-13(17)7-8-14(15)19-20-21/h2-9,11H,10H2,1H3,(H,18,22)/t11-/m1/s1. The molecule has 0 aliphatic rings. The number of amides is 1. The fourth-order valence-electron chi connectivity index (χ4n) is 2.19. The lowest BCUT2D eigenvalue weighted by Crippen LogP contribution is -2.33. The number of hydrogen-bond donors (Lipinski definition) is 1. The maximum absolute atomic E-state index is 12.0. The Morgan fingerprint density at radius 2 is 2.09 bits per heavy atom. The van der Waals surface area contributed by atoms with E-state index in [1.807, 2.05) is 37.3 Å². The average molecular weight is 331 g/mol. The third kappa shape index (κ3) is 3.60. The summed E-state index contributed by atoms with van der Waals surface area (Å²) in [6.45, 7) is 1.75. The highest BCUT2D eigenvalue weighted by molar-refractivity contribution is 6.31. The van der Waals surface area contributed by atoms with Gasteiger partial charge in [0.15, 0.2) is 6.61 Å². The van der Waals surface area contributed by atoms with Crippen molar-refractivity contribution >= 4 is 28.5 Å². The monoisotopic (exact) mass is 330 g/mol. The van der Waals surface area contributed by atoms with E-state index in [-0.39, 0.29) is 18.6 Å². The van der Waals surface area contributed by atoms with Crippen LogP contribution in [0.5, 0.6) is 0 Å². The van der Waals surface area contributed by atoms with Crippen LogP contribution < -0.4 is 10.2 Å². The predicted molar refractivity (Wildman–Crippen MR) is 87.0 cm³/mol. The van der Waals surface area contributed by atoms with Crippen molar-refractivity contribution in [3.05, 3.63) is 59.1 Å². The van der Waals surface area contributed by atoms with E-state index in [9.17, 15) is 4.79 Å². The van der Waals surface area contributed by atoms with E-state index in [4.69, 9.17) is 16.4 Å². The average Bonchev–Trinajstić information content (AvgIpc) is 2.96. The molecule has 0 aliphatic carbocycles. The van der Waals surface area contributed by atoms with Crippen LogP contribution in [0, 0.1) is 0 Å². The number of hydrogen-bond acceptors (Lipinski definition) is 4. The first kappa shape index (κ1) is 15.3. The van der Waals surface area contributed by atoms with Crippen LogP contribution in [0.15, 0.2) is 48.5 Å². The van der Waals surface area contributed by atoms with Gasteiger partial charge in [-0.1, -0.05) is 46.8 Å². The van der Waals surface area contributed by atoms with Gasteiger partial charge in [-0.2, -0.15) is 0 Å². The van der Waals surface area contributed by atoms with Crippen molar-refractivity contribution in [2.75, 3.05) is 6.61 Å². The molecule has 7 heteroatoms. The minimum absolute atomic E-state index is 0.103. The summed E-state index contributed by atoms with van der Waals surface area (Å²) in [5.74, 6) is -0.243. The Morgan fingerprint density at radius 1 is 1.30 bits per heavy atom. The summed E-state index contributed by atoms with van der Waals surface area (Å²) in [7, 11) is 0. The van der Waals surface area contributed by atoms with Crippen LogP contribution in [0.2, 0.25) is 5.02 Å². The summed E-state index contributed by atoms with van der Waals surface area (Å²) in [4.78, 5) is 18.6. The summed E-state index contributed by atoms with van der Waals surface area (Å²) >= 11 is 5.94. The molecular formula is C16H15ClN4O2. The van der Waals surface area contributed by atoms with Crippen LogP contribution in [0.3, 0.4) is 0 Å². The van der Waals surface area contributed by atoms with Gasteiger partial charge in [-0.25, -0.2) is 0 Å². The van der Waals surface area contributed by atoms with Gasteiger partial charge in [-0.05, 0) is 35.9 Å². The van der Waals surface area contributed by atoms with Crippen molar-refractivity contribution in [2.45, 2.75) is 13.0 Å². The van der Waals surface area contributed by atoms with Crippen LogP contribution in [-0.2, 0) is 4.79 Å². The molecule has 0 saturated carbocycles. The van der Waals surface area contributed by atoms with Crippen molar-refractivity contribution in [2.24, 2.45) is 0 Å². The third-order valence-corrected chi connectivity index (χ3v) is 3.61. The summed E-state index contributed by atoms with van der Waals surface area (Å²) in [6, 6.07) is 14.7. The van der Waals surface area contributed by atoms with E-state index in [0.717, 1.165) is 5.56 Å². The lowest BCUT2D eigenvalue weighted by Gasteiger charge is -2.14. The van der Waals surface area contributed by atoms with Crippen LogP contribution in [-0.4, -0.2) is 27.7 Å². The molecule has 0 radical (unpaired) electrons. The number of carbonyl (C=O) groups is 1. The normalized spacial score (nSPS) is 12.1. The van der Waals surface area contributed by atoms with Gasteiger partial charge in [-0.15, -0.1) is 5.10 Å². The zero-order valence-corrected chi connectivity index (χ0v) is 13.2. The van der Waals surface area contributed by atoms with E-state index in [2.05, 4.69) is 15.6 Å². The molecule has 0 unspecified atom stereocenters. The topological polar surface area (TPSA) is 69.0 Å². The van der Waals surface area contributed by atoms with Gasteiger partial charge in [0.1, 0.15) is 11.0 Å². The van der Waals surface area contributed by atoms with Crippen molar-refractivity contribution < 1.29 is 9.63 Å². The van der Waals surface area contributed by atoms with E-state index in [0.29, 0.717) is 16.1 Å². The van der Waals surface area contributed by atoms with Gasteiger partial charge < -0.3 is 10.2 Å². The second kappa shape index (κ2) is 6.66. The minimum Gasteiger partial charge on any atom is -0.385 e. The lowest BCUT2D eigenvalue weighted by molar-refractivity contribution is -0.127. The number of nitrogens with one attached hydrogen (secondary N) is 1. The second-order valence-electron chi connectivity index (χ2n) is 5.07. The fraction of sp³-hybridized carbons (Fsp3) is 0.188. The lowest BCUT2D eigenvalue weighted by atomic mass is 10.1. The SMILES string of the molecule is C[C@@H](NC(=O)COn1nnc2ccc(Cl)cc21)c1ccccc1. The molecule has 0 saturated heterocycles. The molecule has 1 atom stereocenters. The fourth-order valence-corrected chi connectivity index (χ4v) is 2.36. The van der Waals surface area contributed by atoms with E-state index in [1.165, 1.54) is 4.85 Å². The van der Waals surface area contributed by atoms with Crippen LogP contribution in [0.4, 0.5) is 0 Å². The number of aromatic nitrogens is 3. The molecule has 2 aromatic carbocycles. The summed E-state index contributed by atoms with van der Waals surface area (Å²) in [5, 5.41) is 11.2. The van der Waals surface area contributed by atoms with Crippen molar-refractivity contribution in [3.8, 4) is 0 Å². The number of halogens is 1. The highest BCUT2D eigenvalue weighted by Crippen LogP contribution is 2.16. The Kier molecular flexibility index (Phi) is 4.43. The van der Waals surface area contributed by atoms with Crippen LogP contribution >= 0.6 is 11.6 Å². The molecule has 23 heavy (non-hydrogen) atoms. The summed E-state index contributed by atoms with van der Waals surface area (Å²) in [6.07, 6.45) is 0. The highest BCUT2D eigenvalue weighted by atomic mass is 35.5. The predicted octanol–water partition coefficient (Wildman–Crippen LogP) is 2.39. The van der Waals surface area contributed by atoms with Crippen molar-refractivity contribution in [1.29, 1.82) is 0 Å². The Morgan fingerprint density at radius 3 is 2.87 bits per heavy atom. The van der Waals surface area contributed by atoms with E-state index < -0.39 is 0 Å². The van der Waals surface area contributed by atoms with Gasteiger partial charge in [0.25, 0.3) is 5.91 Å². The molecule has 0 spiro atoms. The Balaban J connectivity index is 1.61. The highest BCUT2D eigenvalue weighted by Gasteiger charge is 2.12. The maximum atomic E-state index is 12.0. The summed E-state index contributed by atoms with van der Waals surface area (Å²) in [5.41, 5.74) is 2.28. The molecule has 118 valence electrons. The molecule has 1 N–H and O–H groups in total. The smallest absolute Gasteiger partial charge is 0.261 e. The number of benzene rings is 2. The molecule has 1 aromatic heterocycles. The number of carbonyl (C=O) groups excluding carboxylic acids is 1. The molecule has 6 nitrogen and oxygen atoms in total. The zero-order valence-electron chi connectivity index (χ0n) is 12.4. The first-order valence-corrected chi connectivity index (χ1v) is 7.50. The molecular weight excluding hydrogens is 316 g/mol. The number of rotatable bonds is 5. The molecule has 0 aliphatic heterocycles. The Hall–Kier alpha value is -2.60. The third-order valence-electron chi connectivity index (χ3n) is 3.37. The zero-order chi connectivity index (χ0) is 16.2. The van der Waals surface area contributed by atoms with Gasteiger partial charge >= 0.3 is 0 Å².